The molecule has 0 saturated carbocycles. The Morgan fingerprint density at radius 2 is 2.00 bits per heavy atom. The lowest BCUT2D eigenvalue weighted by atomic mass is 10.2. The third-order valence-corrected chi connectivity index (χ3v) is 5.41. The summed E-state index contributed by atoms with van der Waals surface area (Å²) in [5.74, 6) is -0.439. The van der Waals surface area contributed by atoms with Gasteiger partial charge in [-0.15, -0.1) is 10.2 Å². The molecule has 0 aliphatic carbocycles. The number of nitrogens with zero attached hydrogens (tertiary/aromatic N) is 4. The molecular formula is C17H10Cl2F3N5OS. The SMILES string of the molecule is CC(Sc1nnc2c(Cl)cc(C(F)(F)F)cn12)C(=O)Nc1ccc(C#N)c(Cl)c1. The summed E-state index contributed by atoms with van der Waals surface area (Å²) in [7, 11) is 0. The number of halogens is 5. The van der Waals surface area contributed by atoms with E-state index in [-0.39, 0.29) is 26.4 Å². The predicted octanol–water partition coefficient (Wildman–Crippen LogP) is 5.05. The zero-order valence-corrected chi connectivity index (χ0v) is 16.8. The fourth-order valence-electron chi connectivity index (χ4n) is 2.31. The van der Waals surface area contributed by atoms with E-state index in [1.54, 1.807) is 6.92 Å². The number of benzene rings is 1. The Labute approximate surface area is 176 Å². The normalized spacial score (nSPS) is 12.6. The lowest BCUT2D eigenvalue weighted by molar-refractivity contribution is -0.137. The standard InChI is InChI=1S/C17H10Cl2F3N5OS/c1-8(15(28)24-11-3-2-9(6-23)12(18)5-11)29-16-26-25-14-13(19)4-10(7-27(14)16)17(20,21)22/h2-5,7-8H,1H3,(H,24,28). The minimum atomic E-state index is -4.60. The molecule has 1 N–H and O–H groups in total. The van der Waals surface area contributed by atoms with Crippen molar-refractivity contribution in [1.29, 1.82) is 5.26 Å². The van der Waals surface area contributed by atoms with Gasteiger partial charge in [0.15, 0.2) is 10.8 Å². The number of alkyl halides is 3. The number of nitriles is 1. The van der Waals surface area contributed by atoms with E-state index in [2.05, 4.69) is 15.5 Å². The Morgan fingerprint density at radius 1 is 1.28 bits per heavy atom. The van der Waals surface area contributed by atoms with Crippen LogP contribution in [0, 0.1) is 11.3 Å². The van der Waals surface area contributed by atoms with Crippen LogP contribution in [-0.4, -0.2) is 25.8 Å². The second kappa shape index (κ2) is 8.10. The lowest BCUT2D eigenvalue weighted by Gasteiger charge is -2.12. The first-order valence-corrected chi connectivity index (χ1v) is 9.52. The number of hydrogen-bond acceptors (Lipinski definition) is 5. The van der Waals surface area contributed by atoms with E-state index in [0.29, 0.717) is 5.69 Å². The summed E-state index contributed by atoms with van der Waals surface area (Å²) in [5.41, 5.74) is -0.269. The highest BCUT2D eigenvalue weighted by Crippen LogP contribution is 2.34. The quantitative estimate of drug-likeness (QED) is 0.552. The number of aromatic nitrogens is 3. The Kier molecular flexibility index (Phi) is 5.93. The van der Waals surface area contributed by atoms with Crippen LogP contribution in [0.3, 0.4) is 0 Å². The fourth-order valence-corrected chi connectivity index (χ4v) is 3.60. The van der Waals surface area contributed by atoms with Crippen molar-refractivity contribution in [3.63, 3.8) is 0 Å². The summed E-state index contributed by atoms with van der Waals surface area (Å²) in [6.07, 6.45) is -3.77. The van der Waals surface area contributed by atoms with Gasteiger partial charge in [-0.1, -0.05) is 35.0 Å². The highest BCUT2D eigenvalue weighted by atomic mass is 35.5. The zero-order chi connectivity index (χ0) is 21.3. The summed E-state index contributed by atoms with van der Waals surface area (Å²) in [5, 5.41) is 18.4. The van der Waals surface area contributed by atoms with Crippen molar-refractivity contribution < 1.29 is 18.0 Å². The van der Waals surface area contributed by atoms with Gasteiger partial charge in [-0.25, -0.2) is 0 Å². The number of pyridine rings is 1. The molecule has 0 saturated heterocycles. The molecule has 0 aliphatic rings. The van der Waals surface area contributed by atoms with E-state index in [9.17, 15) is 18.0 Å². The molecule has 6 nitrogen and oxygen atoms in total. The minimum absolute atomic E-state index is 0.0497. The van der Waals surface area contributed by atoms with Gasteiger partial charge < -0.3 is 5.32 Å². The maximum absolute atomic E-state index is 13.0. The highest BCUT2D eigenvalue weighted by Gasteiger charge is 2.32. The molecular weight excluding hydrogens is 450 g/mol. The molecule has 2 aromatic heterocycles. The summed E-state index contributed by atoms with van der Waals surface area (Å²) < 4.78 is 40.2. The van der Waals surface area contributed by atoms with E-state index in [1.807, 2.05) is 6.07 Å². The molecule has 2 heterocycles. The fraction of sp³-hybridized carbons (Fsp3) is 0.176. The smallest absolute Gasteiger partial charge is 0.325 e. The van der Waals surface area contributed by atoms with Gasteiger partial charge in [0, 0.05) is 11.9 Å². The highest BCUT2D eigenvalue weighted by molar-refractivity contribution is 8.00. The van der Waals surface area contributed by atoms with Crippen molar-refractivity contribution in [2.75, 3.05) is 5.32 Å². The van der Waals surface area contributed by atoms with Gasteiger partial charge in [0.1, 0.15) is 6.07 Å². The molecule has 150 valence electrons. The molecule has 1 unspecified atom stereocenters. The molecule has 1 amide bonds. The summed E-state index contributed by atoms with van der Waals surface area (Å²) >= 11 is 12.7. The molecule has 0 aliphatic heterocycles. The van der Waals surface area contributed by atoms with Crippen molar-refractivity contribution in [1.82, 2.24) is 14.6 Å². The van der Waals surface area contributed by atoms with Gasteiger partial charge in [-0.3, -0.25) is 9.20 Å². The van der Waals surface area contributed by atoms with Crippen LogP contribution < -0.4 is 5.32 Å². The van der Waals surface area contributed by atoms with Crippen LogP contribution in [0.5, 0.6) is 0 Å². The van der Waals surface area contributed by atoms with Gasteiger partial charge in [0.25, 0.3) is 0 Å². The van der Waals surface area contributed by atoms with Gasteiger partial charge >= 0.3 is 6.18 Å². The average molecular weight is 460 g/mol. The van der Waals surface area contributed by atoms with E-state index < -0.39 is 22.9 Å². The Balaban J connectivity index is 1.81. The summed E-state index contributed by atoms with van der Waals surface area (Å²) in [6, 6.07) is 7.08. The van der Waals surface area contributed by atoms with E-state index in [1.165, 1.54) is 18.2 Å². The molecule has 0 spiro atoms. The molecule has 12 heteroatoms. The van der Waals surface area contributed by atoms with Crippen LogP contribution in [0.2, 0.25) is 10.0 Å². The van der Waals surface area contributed by atoms with Gasteiger partial charge in [0.2, 0.25) is 5.91 Å². The molecule has 1 aromatic carbocycles. The summed E-state index contributed by atoms with van der Waals surface area (Å²) in [4.78, 5) is 12.4. The molecule has 3 aromatic rings. The molecule has 0 radical (unpaired) electrons. The van der Waals surface area contributed by atoms with Gasteiger partial charge in [0.05, 0.1) is 26.4 Å². The molecule has 29 heavy (non-hydrogen) atoms. The van der Waals surface area contributed by atoms with Gasteiger partial charge in [-0.05, 0) is 31.2 Å². The number of carbonyl (C=O) groups excluding carboxylic acids is 1. The monoisotopic (exact) mass is 459 g/mol. The number of rotatable bonds is 4. The number of fused-ring (bicyclic) bond motifs is 1. The zero-order valence-electron chi connectivity index (χ0n) is 14.5. The Hall–Kier alpha value is -2.48. The first kappa shape index (κ1) is 21.2. The van der Waals surface area contributed by atoms with Crippen LogP contribution in [-0.2, 0) is 11.0 Å². The third kappa shape index (κ3) is 4.58. The largest absolute Gasteiger partial charge is 0.417 e. The first-order valence-electron chi connectivity index (χ1n) is 7.89. The van der Waals surface area contributed by atoms with Crippen molar-refractivity contribution in [3.8, 4) is 6.07 Å². The average Bonchev–Trinajstić information content (AvgIpc) is 3.04. The van der Waals surface area contributed by atoms with Crippen molar-refractivity contribution >= 4 is 52.2 Å². The maximum atomic E-state index is 13.0. The number of nitrogens with one attached hydrogen (secondary N) is 1. The van der Waals surface area contributed by atoms with Crippen LogP contribution in [0.1, 0.15) is 18.1 Å². The van der Waals surface area contributed by atoms with E-state index in [4.69, 9.17) is 28.5 Å². The van der Waals surface area contributed by atoms with Crippen LogP contribution in [0.4, 0.5) is 18.9 Å². The molecule has 1 atom stereocenters. The van der Waals surface area contributed by atoms with E-state index in [0.717, 1.165) is 28.4 Å². The van der Waals surface area contributed by atoms with Crippen molar-refractivity contribution in [2.24, 2.45) is 0 Å². The van der Waals surface area contributed by atoms with Crippen molar-refractivity contribution in [3.05, 3.63) is 51.6 Å². The number of carbonyl (C=O) groups is 1. The number of amides is 1. The second-order valence-electron chi connectivity index (χ2n) is 5.81. The number of anilines is 1. The number of thioether (sulfide) groups is 1. The maximum Gasteiger partial charge on any atom is 0.417 e. The van der Waals surface area contributed by atoms with Gasteiger partial charge in [-0.2, -0.15) is 18.4 Å². The molecule has 3 rings (SSSR count). The summed E-state index contributed by atoms with van der Waals surface area (Å²) in [6.45, 7) is 1.56. The van der Waals surface area contributed by atoms with Crippen LogP contribution >= 0.6 is 35.0 Å². The van der Waals surface area contributed by atoms with Crippen LogP contribution in [0.15, 0.2) is 35.6 Å². The first-order chi connectivity index (χ1) is 13.6. The second-order valence-corrected chi connectivity index (χ2v) is 7.93. The number of hydrogen-bond donors (Lipinski definition) is 1. The molecule has 0 fully saturated rings. The topological polar surface area (TPSA) is 83.1 Å². The third-order valence-electron chi connectivity index (χ3n) is 3.76. The predicted molar refractivity (Wildman–Crippen MR) is 103 cm³/mol. The van der Waals surface area contributed by atoms with E-state index >= 15 is 0 Å². The minimum Gasteiger partial charge on any atom is -0.325 e. The molecule has 0 bridgehead atoms. The van der Waals surface area contributed by atoms with Crippen molar-refractivity contribution in [2.45, 2.75) is 23.5 Å². The Bertz CT molecular complexity index is 1140. The van der Waals surface area contributed by atoms with Crippen LogP contribution in [0.25, 0.3) is 5.65 Å². The Morgan fingerprint density at radius 3 is 2.62 bits per heavy atom. The lowest BCUT2D eigenvalue weighted by Crippen LogP contribution is -2.22.